The number of carbonyl (C=O) groups is 1. The summed E-state index contributed by atoms with van der Waals surface area (Å²) in [6.45, 7) is 0. The Labute approximate surface area is 164 Å². The van der Waals surface area contributed by atoms with Crippen molar-refractivity contribution in [2.45, 2.75) is 17.5 Å². The summed E-state index contributed by atoms with van der Waals surface area (Å²) in [5, 5.41) is 26.4. The molecular weight excluding hydrogens is 409 g/mol. The summed E-state index contributed by atoms with van der Waals surface area (Å²) in [5.41, 5.74) is -1.47. The first kappa shape index (κ1) is 22.1. The number of sulfone groups is 1. The van der Waals surface area contributed by atoms with Crippen molar-refractivity contribution in [2.75, 3.05) is 5.75 Å². The van der Waals surface area contributed by atoms with Crippen LogP contribution in [0.15, 0.2) is 53.4 Å². The molecule has 0 heterocycles. The molecule has 2 aromatic rings. The molecule has 0 radical (unpaired) electrons. The second-order valence-electron chi connectivity index (χ2n) is 6.10. The first-order valence-corrected chi connectivity index (χ1v) is 9.83. The van der Waals surface area contributed by atoms with E-state index in [0.717, 1.165) is 18.2 Å². The number of aliphatic carboxylic acids is 1. The van der Waals surface area contributed by atoms with Gasteiger partial charge in [0.25, 0.3) is 0 Å². The van der Waals surface area contributed by atoms with Gasteiger partial charge in [0.15, 0.2) is 9.84 Å². The maximum atomic E-state index is 13.1. The quantitative estimate of drug-likeness (QED) is 0.659. The number of carboxylic acid groups (broad SMARTS) is 1. The molecule has 0 saturated heterocycles. The fourth-order valence-electron chi connectivity index (χ4n) is 2.70. The molecule has 0 aliphatic carbocycles. The highest BCUT2D eigenvalue weighted by molar-refractivity contribution is 7.91. The molecule has 0 aromatic heterocycles. The second-order valence-corrected chi connectivity index (χ2v) is 8.18. The molecule has 1 atom stereocenters. The molecule has 0 aliphatic heterocycles. The summed E-state index contributed by atoms with van der Waals surface area (Å²) >= 11 is 0. The number of benzene rings is 2. The van der Waals surface area contributed by atoms with E-state index in [4.69, 9.17) is 10.7 Å². The SMILES string of the molecule is N#Cc1cccc(C(=N)C(CCS(=O)(=O)c2ccccc2C(F)(F)F)C(=O)O)c1. The van der Waals surface area contributed by atoms with Crippen LogP contribution in [0.25, 0.3) is 0 Å². The minimum atomic E-state index is -4.89. The van der Waals surface area contributed by atoms with Crippen LogP contribution < -0.4 is 0 Å². The molecule has 0 saturated carbocycles. The van der Waals surface area contributed by atoms with E-state index >= 15 is 0 Å². The van der Waals surface area contributed by atoms with Gasteiger partial charge in [-0.25, -0.2) is 8.42 Å². The van der Waals surface area contributed by atoms with Gasteiger partial charge < -0.3 is 10.5 Å². The van der Waals surface area contributed by atoms with Crippen molar-refractivity contribution in [1.29, 1.82) is 10.7 Å². The third-order valence-corrected chi connectivity index (χ3v) is 5.95. The lowest BCUT2D eigenvalue weighted by molar-refractivity contribution is -0.140. The van der Waals surface area contributed by atoms with E-state index in [1.807, 2.05) is 6.07 Å². The largest absolute Gasteiger partial charge is 0.481 e. The van der Waals surface area contributed by atoms with E-state index in [1.54, 1.807) is 0 Å². The Morgan fingerprint density at radius 2 is 1.83 bits per heavy atom. The molecule has 2 aromatic carbocycles. The first-order chi connectivity index (χ1) is 13.5. The van der Waals surface area contributed by atoms with Gasteiger partial charge in [-0.15, -0.1) is 0 Å². The molecule has 2 N–H and O–H groups in total. The number of carboxylic acids is 1. The molecule has 10 heteroatoms. The predicted molar refractivity (Wildman–Crippen MR) is 97.2 cm³/mol. The van der Waals surface area contributed by atoms with Crippen molar-refractivity contribution in [3.63, 3.8) is 0 Å². The van der Waals surface area contributed by atoms with Gasteiger partial charge in [-0.05, 0) is 36.2 Å². The summed E-state index contributed by atoms with van der Waals surface area (Å²) in [7, 11) is -4.46. The van der Waals surface area contributed by atoms with Crippen LogP contribution in [-0.4, -0.2) is 31.0 Å². The molecule has 29 heavy (non-hydrogen) atoms. The molecule has 1 unspecified atom stereocenters. The number of hydrogen-bond acceptors (Lipinski definition) is 5. The zero-order valence-corrected chi connectivity index (χ0v) is 15.6. The first-order valence-electron chi connectivity index (χ1n) is 8.18. The number of nitrogens with one attached hydrogen (secondary N) is 1. The fourth-order valence-corrected chi connectivity index (χ4v) is 4.27. The molecular formula is C19H15F3N2O4S. The average Bonchev–Trinajstić information content (AvgIpc) is 2.67. The van der Waals surface area contributed by atoms with Gasteiger partial charge >= 0.3 is 12.1 Å². The summed E-state index contributed by atoms with van der Waals surface area (Å²) in [5.74, 6) is -3.95. The Kier molecular flexibility index (Phi) is 6.44. The van der Waals surface area contributed by atoms with Crippen molar-refractivity contribution < 1.29 is 31.5 Å². The van der Waals surface area contributed by atoms with Crippen LogP contribution in [-0.2, 0) is 20.8 Å². The Morgan fingerprint density at radius 1 is 1.17 bits per heavy atom. The van der Waals surface area contributed by atoms with Crippen molar-refractivity contribution in [3.8, 4) is 6.07 Å². The minimum absolute atomic E-state index is 0.115. The second kappa shape index (κ2) is 8.45. The molecule has 2 rings (SSSR count). The zero-order chi connectivity index (χ0) is 21.8. The Morgan fingerprint density at radius 3 is 2.41 bits per heavy atom. The molecule has 0 spiro atoms. The van der Waals surface area contributed by atoms with Crippen LogP contribution >= 0.6 is 0 Å². The van der Waals surface area contributed by atoms with E-state index in [9.17, 15) is 31.5 Å². The lowest BCUT2D eigenvalue weighted by atomic mass is 9.93. The minimum Gasteiger partial charge on any atom is -0.481 e. The van der Waals surface area contributed by atoms with Crippen LogP contribution in [0.2, 0.25) is 0 Å². The topological polar surface area (TPSA) is 119 Å². The number of rotatable bonds is 7. The Bertz CT molecular complexity index is 1090. The summed E-state index contributed by atoms with van der Waals surface area (Å²) in [6.07, 6.45) is -5.49. The maximum Gasteiger partial charge on any atom is 0.417 e. The zero-order valence-electron chi connectivity index (χ0n) is 14.8. The number of nitrogens with zero attached hydrogens (tertiary/aromatic N) is 1. The highest BCUT2D eigenvalue weighted by atomic mass is 32.2. The smallest absolute Gasteiger partial charge is 0.417 e. The third kappa shape index (κ3) is 5.20. The van der Waals surface area contributed by atoms with Gasteiger partial charge in [0, 0.05) is 0 Å². The van der Waals surface area contributed by atoms with Crippen molar-refractivity contribution in [2.24, 2.45) is 5.92 Å². The normalized spacial score (nSPS) is 12.8. The van der Waals surface area contributed by atoms with E-state index in [0.29, 0.717) is 6.07 Å². The van der Waals surface area contributed by atoms with Crippen molar-refractivity contribution in [3.05, 3.63) is 65.2 Å². The Hall–Kier alpha value is -3.19. The number of alkyl halides is 3. The molecule has 0 aliphatic rings. The van der Waals surface area contributed by atoms with Crippen LogP contribution in [0.3, 0.4) is 0 Å². The molecule has 6 nitrogen and oxygen atoms in total. The number of nitriles is 1. The van der Waals surface area contributed by atoms with Crippen LogP contribution in [0.1, 0.15) is 23.1 Å². The highest BCUT2D eigenvalue weighted by Crippen LogP contribution is 2.34. The van der Waals surface area contributed by atoms with E-state index in [-0.39, 0.29) is 11.1 Å². The molecule has 0 fully saturated rings. The number of hydrogen-bond donors (Lipinski definition) is 2. The van der Waals surface area contributed by atoms with Crippen LogP contribution in [0, 0.1) is 22.7 Å². The molecule has 152 valence electrons. The van der Waals surface area contributed by atoms with Gasteiger partial charge in [0.1, 0.15) is 0 Å². The molecule has 0 bridgehead atoms. The summed E-state index contributed by atoms with van der Waals surface area (Å²) < 4.78 is 64.3. The summed E-state index contributed by atoms with van der Waals surface area (Å²) in [4.78, 5) is 10.6. The standard InChI is InChI=1S/C19H15F3N2O4S/c20-19(21,22)15-6-1-2-7-16(15)29(27,28)9-8-14(18(25)26)17(24)13-5-3-4-12(10-13)11-23/h1-7,10,14,24H,8-9H2,(H,25,26). The van der Waals surface area contributed by atoms with Gasteiger partial charge in [-0.1, -0.05) is 24.3 Å². The lowest BCUT2D eigenvalue weighted by Crippen LogP contribution is -2.27. The van der Waals surface area contributed by atoms with Crippen LogP contribution in [0.5, 0.6) is 0 Å². The van der Waals surface area contributed by atoms with Crippen LogP contribution in [0.4, 0.5) is 13.2 Å². The van der Waals surface area contributed by atoms with Crippen molar-refractivity contribution >= 4 is 21.5 Å². The summed E-state index contributed by atoms with van der Waals surface area (Å²) in [6, 6.07) is 11.1. The number of halogens is 3. The highest BCUT2D eigenvalue weighted by Gasteiger charge is 2.37. The fraction of sp³-hybridized carbons (Fsp3) is 0.211. The lowest BCUT2D eigenvalue weighted by Gasteiger charge is -2.16. The van der Waals surface area contributed by atoms with Gasteiger partial charge in [0.2, 0.25) is 0 Å². The average molecular weight is 424 g/mol. The van der Waals surface area contributed by atoms with E-state index < -0.39 is 56.2 Å². The molecule has 0 amide bonds. The Balaban J connectivity index is 2.31. The monoisotopic (exact) mass is 424 g/mol. The maximum absolute atomic E-state index is 13.1. The van der Waals surface area contributed by atoms with E-state index in [1.165, 1.54) is 24.3 Å². The third-order valence-electron chi connectivity index (χ3n) is 4.15. The van der Waals surface area contributed by atoms with Crippen molar-refractivity contribution in [1.82, 2.24) is 0 Å². The van der Waals surface area contributed by atoms with Gasteiger partial charge in [0.05, 0.1) is 39.5 Å². The van der Waals surface area contributed by atoms with Gasteiger partial charge in [-0.3, -0.25) is 4.79 Å². The predicted octanol–water partition coefficient (Wildman–Crippen LogP) is 3.51. The van der Waals surface area contributed by atoms with Gasteiger partial charge in [-0.2, -0.15) is 18.4 Å². The van der Waals surface area contributed by atoms with E-state index in [2.05, 4.69) is 0 Å².